The number of likely N-dealkylation sites (tertiary alicyclic amines) is 1. The van der Waals surface area contributed by atoms with E-state index in [0.717, 1.165) is 30.7 Å². The summed E-state index contributed by atoms with van der Waals surface area (Å²) in [4.78, 5) is 14.8. The third kappa shape index (κ3) is 2.26. The van der Waals surface area contributed by atoms with Crippen LogP contribution in [-0.4, -0.2) is 35.6 Å². The lowest BCUT2D eigenvalue weighted by Crippen LogP contribution is -2.62. The predicted octanol–water partition coefficient (Wildman–Crippen LogP) is 2.33. The van der Waals surface area contributed by atoms with Crippen LogP contribution in [0.1, 0.15) is 51.9 Å². The Morgan fingerprint density at radius 1 is 1.19 bits per heavy atom. The Bertz CT molecular complexity index is 400. The minimum atomic E-state index is 0.122. The quantitative estimate of drug-likeness (QED) is 0.820. The number of hydrogen-bond acceptors (Lipinski definition) is 2. The number of rotatable bonds is 2. The van der Waals surface area contributed by atoms with E-state index in [1.165, 1.54) is 38.5 Å². The molecule has 0 radical (unpaired) electrons. The largest absolute Gasteiger partial charge is 0.333 e. The molecular weight excluding hydrogens is 262 g/mol. The van der Waals surface area contributed by atoms with Crippen LogP contribution in [0.4, 0.5) is 4.79 Å². The van der Waals surface area contributed by atoms with Crippen molar-refractivity contribution in [2.75, 3.05) is 13.1 Å². The van der Waals surface area contributed by atoms with Crippen molar-refractivity contribution in [1.29, 1.82) is 0 Å². The van der Waals surface area contributed by atoms with E-state index in [4.69, 9.17) is 5.73 Å². The van der Waals surface area contributed by atoms with Crippen LogP contribution in [0.2, 0.25) is 0 Å². The number of carbonyl (C=O) groups is 1. The Morgan fingerprint density at radius 2 is 1.76 bits per heavy atom. The van der Waals surface area contributed by atoms with Crippen LogP contribution in [0.15, 0.2) is 0 Å². The SMILES string of the molecule is CC1CCN(C(=O)NC23CC4CC(CC(C4)C2)C3)C1CN. The van der Waals surface area contributed by atoms with Gasteiger partial charge in [-0.2, -0.15) is 0 Å². The normalized spacial score (nSPS) is 47.9. The second kappa shape index (κ2) is 4.87. The molecule has 4 bridgehead atoms. The van der Waals surface area contributed by atoms with E-state index in [0.29, 0.717) is 12.5 Å². The minimum Gasteiger partial charge on any atom is -0.333 e. The minimum absolute atomic E-state index is 0.122. The summed E-state index contributed by atoms with van der Waals surface area (Å²) in [6.07, 6.45) is 9.02. The summed E-state index contributed by atoms with van der Waals surface area (Å²) in [7, 11) is 0. The highest BCUT2D eigenvalue weighted by Gasteiger charge is 2.52. The number of nitrogens with two attached hydrogens (primary N) is 1. The smallest absolute Gasteiger partial charge is 0.318 e. The monoisotopic (exact) mass is 291 g/mol. The molecular formula is C17H29N3O. The first kappa shape index (κ1) is 13.9. The number of amides is 2. The first-order valence-electron chi connectivity index (χ1n) is 8.87. The zero-order valence-electron chi connectivity index (χ0n) is 13.2. The molecule has 5 aliphatic rings. The van der Waals surface area contributed by atoms with Crippen LogP contribution in [-0.2, 0) is 0 Å². The van der Waals surface area contributed by atoms with Gasteiger partial charge in [0.1, 0.15) is 0 Å². The van der Waals surface area contributed by atoms with Crippen LogP contribution in [0.25, 0.3) is 0 Å². The van der Waals surface area contributed by atoms with Crippen LogP contribution in [0.3, 0.4) is 0 Å². The van der Waals surface area contributed by atoms with Crippen molar-refractivity contribution in [3.8, 4) is 0 Å². The average molecular weight is 291 g/mol. The van der Waals surface area contributed by atoms with Gasteiger partial charge < -0.3 is 16.0 Å². The molecule has 2 amide bonds. The van der Waals surface area contributed by atoms with E-state index >= 15 is 0 Å². The summed E-state index contributed by atoms with van der Waals surface area (Å²) in [5, 5.41) is 3.48. The van der Waals surface area contributed by atoms with E-state index in [-0.39, 0.29) is 17.6 Å². The van der Waals surface area contributed by atoms with Crippen LogP contribution >= 0.6 is 0 Å². The molecule has 2 unspecified atom stereocenters. The van der Waals surface area contributed by atoms with Gasteiger partial charge in [0.15, 0.2) is 0 Å². The molecule has 21 heavy (non-hydrogen) atoms. The fraction of sp³-hybridized carbons (Fsp3) is 0.941. The lowest BCUT2D eigenvalue weighted by atomic mass is 9.53. The number of hydrogen-bond donors (Lipinski definition) is 2. The number of urea groups is 1. The van der Waals surface area contributed by atoms with Gasteiger partial charge in [-0.3, -0.25) is 0 Å². The summed E-state index contributed by atoms with van der Waals surface area (Å²) in [6, 6.07) is 0.399. The van der Waals surface area contributed by atoms with Gasteiger partial charge >= 0.3 is 6.03 Å². The average Bonchev–Trinajstić information content (AvgIpc) is 2.77. The standard InChI is InChI=1S/C17H29N3O/c1-11-2-3-20(15(11)10-18)16(21)19-17-7-12-4-13(8-17)6-14(5-12)9-17/h11-15H,2-10,18H2,1H3,(H,19,21). The zero-order chi connectivity index (χ0) is 14.6. The first-order valence-corrected chi connectivity index (χ1v) is 8.87. The van der Waals surface area contributed by atoms with Gasteiger partial charge in [0.2, 0.25) is 0 Å². The van der Waals surface area contributed by atoms with Gasteiger partial charge in [-0.15, -0.1) is 0 Å². The molecule has 4 saturated carbocycles. The van der Waals surface area contributed by atoms with Crippen molar-refractivity contribution in [3.05, 3.63) is 0 Å². The third-order valence-corrected chi connectivity index (χ3v) is 6.80. The maximum atomic E-state index is 12.8. The van der Waals surface area contributed by atoms with E-state index in [1.54, 1.807) is 0 Å². The molecule has 0 aromatic carbocycles. The van der Waals surface area contributed by atoms with Crippen LogP contribution in [0, 0.1) is 23.7 Å². The fourth-order valence-corrected chi connectivity index (χ4v) is 6.18. The molecule has 4 aliphatic carbocycles. The van der Waals surface area contributed by atoms with E-state index in [2.05, 4.69) is 12.2 Å². The molecule has 118 valence electrons. The lowest BCUT2D eigenvalue weighted by Gasteiger charge is -2.57. The molecule has 0 aromatic rings. The van der Waals surface area contributed by atoms with Gasteiger partial charge in [-0.05, 0) is 68.6 Å². The molecule has 5 fully saturated rings. The number of carbonyl (C=O) groups excluding carboxylic acids is 1. The highest BCUT2D eigenvalue weighted by atomic mass is 16.2. The third-order valence-electron chi connectivity index (χ3n) is 6.80. The lowest BCUT2D eigenvalue weighted by molar-refractivity contribution is -0.0159. The number of nitrogens with zero attached hydrogens (tertiary/aromatic N) is 1. The van der Waals surface area contributed by atoms with E-state index in [1.807, 2.05) is 4.90 Å². The highest BCUT2D eigenvalue weighted by Crippen LogP contribution is 2.55. The number of nitrogens with one attached hydrogen (secondary N) is 1. The molecule has 1 aliphatic heterocycles. The van der Waals surface area contributed by atoms with Crippen LogP contribution in [0.5, 0.6) is 0 Å². The summed E-state index contributed by atoms with van der Waals surface area (Å²) >= 11 is 0. The molecule has 3 N–H and O–H groups in total. The molecule has 0 spiro atoms. The second-order valence-corrected chi connectivity index (χ2v) is 8.39. The van der Waals surface area contributed by atoms with Crippen molar-refractivity contribution in [3.63, 3.8) is 0 Å². The maximum absolute atomic E-state index is 12.8. The van der Waals surface area contributed by atoms with Crippen molar-refractivity contribution >= 4 is 6.03 Å². The topological polar surface area (TPSA) is 58.4 Å². The van der Waals surface area contributed by atoms with Crippen molar-refractivity contribution < 1.29 is 4.79 Å². The van der Waals surface area contributed by atoms with Gasteiger partial charge in [0.25, 0.3) is 0 Å². The highest BCUT2D eigenvalue weighted by molar-refractivity contribution is 5.76. The summed E-state index contributed by atoms with van der Waals surface area (Å²) in [6.45, 7) is 3.69. The first-order chi connectivity index (χ1) is 10.1. The summed E-state index contributed by atoms with van der Waals surface area (Å²) in [5.74, 6) is 3.16. The Labute approximate surface area is 127 Å². The Balaban J connectivity index is 1.47. The molecule has 0 aromatic heterocycles. The molecule has 5 rings (SSSR count). The molecule has 4 heteroatoms. The zero-order valence-corrected chi connectivity index (χ0v) is 13.2. The Hall–Kier alpha value is -0.770. The van der Waals surface area contributed by atoms with Crippen molar-refractivity contribution in [2.24, 2.45) is 29.4 Å². The van der Waals surface area contributed by atoms with Crippen molar-refractivity contribution in [2.45, 2.75) is 63.5 Å². The predicted molar refractivity (Wildman–Crippen MR) is 82.8 cm³/mol. The van der Waals surface area contributed by atoms with Gasteiger partial charge in [-0.25, -0.2) is 4.79 Å². The maximum Gasteiger partial charge on any atom is 0.318 e. The molecule has 1 heterocycles. The molecule has 1 saturated heterocycles. The summed E-state index contributed by atoms with van der Waals surface area (Å²) in [5.41, 5.74) is 6.01. The van der Waals surface area contributed by atoms with Gasteiger partial charge in [0, 0.05) is 24.7 Å². The van der Waals surface area contributed by atoms with Gasteiger partial charge in [0.05, 0.1) is 0 Å². The van der Waals surface area contributed by atoms with Gasteiger partial charge in [-0.1, -0.05) is 6.92 Å². The summed E-state index contributed by atoms with van der Waals surface area (Å²) < 4.78 is 0. The van der Waals surface area contributed by atoms with Crippen LogP contribution < -0.4 is 11.1 Å². The second-order valence-electron chi connectivity index (χ2n) is 8.39. The Morgan fingerprint density at radius 3 is 2.29 bits per heavy atom. The van der Waals surface area contributed by atoms with E-state index in [9.17, 15) is 4.79 Å². The van der Waals surface area contributed by atoms with Crippen molar-refractivity contribution in [1.82, 2.24) is 10.2 Å². The molecule has 4 nitrogen and oxygen atoms in total. The molecule has 2 atom stereocenters. The Kier molecular flexibility index (Phi) is 3.21. The fourth-order valence-electron chi connectivity index (χ4n) is 6.18. The van der Waals surface area contributed by atoms with E-state index < -0.39 is 0 Å².